The molecule has 1 heterocycles. The second kappa shape index (κ2) is 10.1. The number of ether oxygens (including phenoxy) is 1. The smallest absolute Gasteiger partial charge is 0.338 e. The third-order valence-corrected chi connectivity index (χ3v) is 8.25. The first-order chi connectivity index (χ1) is 15.9. The highest BCUT2D eigenvalue weighted by molar-refractivity contribution is 7.89. The highest BCUT2D eigenvalue weighted by Crippen LogP contribution is 2.29. The monoisotopic (exact) mass is 470 g/mol. The third-order valence-electron chi connectivity index (χ3n) is 6.36. The lowest BCUT2D eigenvalue weighted by atomic mass is 9.97. The van der Waals surface area contributed by atoms with Crippen LogP contribution in [0, 0.1) is 5.92 Å². The third kappa shape index (κ3) is 5.28. The van der Waals surface area contributed by atoms with Gasteiger partial charge < -0.3 is 10.1 Å². The minimum Gasteiger partial charge on any atom is -0.462 e. The molecule has 2 aromatic rings. The summed E-state index contributed by atoms with van der Waals surface area (Å²) in [5.74, 6) is -0.775. The van der Waals surface area contributed by atoms with Crippen molar-refractivity contribution in [3.05, 3.63) is 59.2 Å². The molecular weight excluding hydrogens is 440 g/mol. The predicted molar refractivity (Wildman–Crippen MR) is 126 cm³/mol. The zero-order valence-electron chi connectivity index (χ0n) is 18.9. The first-order valence-corrected chi connectivity index (χ1v) is 13.0. The molecule has 4 rings (SSSR count). The molecule has 0 atom stereocenters. The lowest BCUT2D eigenvalue weighted by molar-refractivity contribution is -0.120. The van der Waals surface area contributed by atoms with E-state index in [0.717, 1.165) is 31.2 Å². The number of benzene rings is 2. The van der Waals surface area contributed by atoms with E-state index < -0.39 is 10.0 Å². The van der Waals surface area contributed by atoms with Crippen molar-refractivity contribution in [2.45, 2.75) is 50.3 Å². The number of sulfonamides is 1. The first kappa shape index (κ1) is 23.4. The summed E-state index contributed by atoms with van der Waals surface area (Å²) in [5, 5.41) is 2.88. The Morgan fingerprint density at radius 2 is 1.73 bits per heavy atom. The van der Waals surface area contributed by atoms with Crippen molar-refractivity contribution < 1.29 is 22.7 Å². The number of hydrogen-bond donors (Lipinski definition) is 1. The number of piperidine rings is 1. The molecule has 33 heavy (non-hydrogen) atoms. The van der Waals surface area contributed by atoms with E-state index in [9.17, 15) is 18.0 Å². The molecule has 1 aliphatic carbocycles. The first-order valence-electron chi connectivity index (χ1n) is 11.6. The maximum Gasteiger partial charge on any atom is 0.338 e. The normalized spacial score (nSPS) is 16.9. The fourth-order valence-corrected chi connectivity index (χ4v) is 5.95. The highest BCUT2D eigenvalue weighted by Gasteiger charge is 2.32. The van der Waals surface area contributed by atoms with Gasteiger partial charge >= 0.3 is 5.97 Å². The number of rotatable bonds is 7. The van der Waals surface area contributed by atoms with Crippen LogP contribution in [0.15, 0.2) is 47.4 Å². The number of hydrogen-bond acceptors (Lipinski definition) is 5. The number of nitrogens with one attached hydrogen (secondary N) is 1. The van der Waals surface area contributed by atoms with E-state index >= 15 is 0 Å². The largest absolute Gasteiger partial charge is 0.462 e. The number of esters is 1. The predicted octanol–water partition coefficient (Wildman–Crippen LogP) is 3.78. The molecule has 8 heteroatoms. The fraction of sp³-hybridized carbons (Fsp3) is 0.440. The molecule has 0 saturated carbocycles. The quantitative estimate of drug-likeness (QED) is 0.622. The van der Waals surface area contributed by atoms with E-state index in [0.29, 0.717) is 48.7 Å². The number of fused-ring (bicyclic) bond motifs is 1. The van der Waals surface area contributed by atoms with Crippen LogP contribution in [0.5, 0.6) is 0 Å². The van der Waals surface area contributed by atoms with Crippen molar-refractivity contribution >= 4 is 27.6 Å². The molecule has 0 unspecified atom stereocenters. The Balaban J connectivity index is 1.32. The SMILES string of the molecule is CCCOC(=O)c1ccc(NC(=O)C2CCN(S(=O)(=O)c3ccc4c(c3)CCC4)CC2)cc1. The Hall–Kier alpha value is -2.71. The number of anilines is 1. The minimum absolute atomic E-state index is 0.133. The molecule has 0 spiro atoms. The van der Waals surface area contributed by atoms with Crippen LogP contribution in [-0.4, -0.2) is 44.3 Å². The lowest BCUT2D eigenvalue weighted by Gasteiger charge is -2.30. The Bertz CT molecular complexity index is 1120. The standard InChI is InChI=1S/C25H30N2O5S/c1-2-16-32-25(29)20-6-9-22(10-7-20)26-24(28)19-12-14-27(15-13-19)33(30,31)23-11-8-18-4-3-5-21(18)17-23/h6-11,17,19H,2-5,12-16H2,1H3,(H,26,28). The minimum atomic E-state index is -3.55. The van der Waals surface area contributed by atoms with Gasteiger partial charge in [-0.25, -0.2) is 13.2 Å². The van der Waals surface area contributed by atoms with Gasteiger partial charge in [0.2, 0.25) is 15.9 Å². The van der Waals surface area contributed by atoms with Crippen molar-refractivity contribution in [1.29, 1.82) is 0 Å². The Morgan fingerprint density at radius 3 is 2.42 bits per heavy atom. The molecule has 176 valence electrons. The van der Waals surface area contributed by atoms with Crippen LogP contribution < -0.4 is 5.32 Å². The number of amides is 1. The van der Waals surface area contributed by atoms with Gasteiger partial charge in [-0.2, -0.15) is 4.31 Å². The summed E-state index contributed by atoms with van der Waals surface area (Å²) in [6, 6.07) is 12.1. The molecule has 7 nitrogen and oxygen atoms in total. The van der Waals surface area contributed by atoms with Gasteiger partial charge in [-0.1, -0.05) is 13.0 Å². The van der Waals surface area contributed by atoms with E-state index in [1.54, 1.807) is 30.3 Å². The van der Waals surface area contributed by atoms with Gasteiger partial charge in [-0.15, -0.1) is 0 Å². The summed E-state index contributed by atoms with van der Waals surface area (Å²) in [5.41, 5.74) is 3.41. The molecule has 2 aliphatic rings. The molecule has 1 fully saturated rings. The van der Waals surface area contributed by atoms with Gasteiger partial charge in [0.1, 0.15) is 0 Å². The summed E-state index contributed by atoms with van der Waals surface area (Å²) >= 11 is 0. The molecule has 1 amide bonds. The van der Waals surface area contributed by atoms with Crippen LogP contribution in [-0.2, 0) is 32.4 Å². The van der Waals surface area contributed by atoms with Crippen LogP contribution in [0.4, 0.5) is 5.69 Å². The Labute approximate surface area is 195 Å². The fourth-order valence-electron chi connectivity index (χ4n) is 4.43. The molecular formula is C25H30N2O5S. The molecule has 1 aliphatic heterocycles. The number of carbonyl (C=O) groups is 2. The van der Waals surface area contributed by atoms with E-state index in [2.05, 4.69) is 5.32 Å². The van der Waals surface area contributed by atoms with E-state index in [4.69, 9.17) is 4.74 Å². The molecule has 2 aromatic carbocycles. The van der Waals surface area contributed by atoms with E-state index in [1.807, 2.05) is 19.1 Å². The maximum atomic E-state index is 13.1. The molecule has 1 saturated heterocycles. The number of aryl methyl sites for hydroxylation is 2. The van der Waals surface area contributed by atoms with Gasteiger partial charge in [0.15, 0.2) is 0 Å². The molecule has 0 aromatic heterocycles. The van der Waals surface area contributed by atoms with Crippen molar-refractivity contribution in [1.82, 2.24) is 4.31 Å². The molecule has 0 bridgehead atoms. The van der Waals surface area contributed by atoms with E-state index in [-0.39, 0.29) is 17.8 Å². The van der Waals surface area contributed by atoms with Crippen molar-refractivity contribution in [3.8, 4) is 0 Å². The Morgan fingerprint density at radius 1 is 1.03 bits per heavy atom. The summed E-state index contributed by atoms with van der Waals surface area (Å²) in [4.78, 5) is 25.0. The van der Waals surface area contributed by atoms with Gasteiger partial charge in [0.05, 0.1) is 17.1 Å². The summed E-state index contributed by atoms with van der Waals surface area (Å²) in [7, 11) is -3.55. The number of carbonyl (C=O) groups excluding carboxylic acids is 2. The van der Waals surface area contributed by atoms with Crippen LogP contribution in [0.3, 0.4) is 0 Å². The topological polar surface area (TPSA) is 92.8 Å². The summed E-state index contributed by atoms with van der Waals surface area (Å²) in [6.07, 6.45) is 4.72. The second-order valence-corrected chi connectivity index (χ2v) is 10.6. The lowest BCUT2D eigenvalue weighted by Crippen LogP contribution is -2.41. The van der Waals surface area contributed by atoms with Gasteiger partial charge in [0.25, 0.3) is 0 Å². The van der Waals surface area contributed by atoms with Crippen LogP contribution >= 0.6 is 0 Å². The van der Waals surface area contributed by atoms with Crippen LogP contribution in [0.2, 0.25) is 0 Å². The molecule has 1 N–H and O–H groups in total. The Kier molecular flexibility index (Phi) is 7.14. The maximum absolute atomic E-state index is 13.1. The van der Waals surface area contributed by atoms with Crippen LogP contribution in [0.25, 0.3) is 0 Å². The van der Waals surface area contributed by atoms with E-state index in [1.165, 1.54) is 9.87 Å². The average Bonchev–Trinajstić information content (AvgIpc) is 3.31. The summed E-state index contributed by atoms with van der Waals surface area (Å²) < 4.78 is 32.8. The van der Waals surface area contributed by atoms with Crippen LogP contribution in [0.1, 0.15) is 54.1 Å². The highest BCUT2D eigenvalue weighted by atomic mass is 32.2. The zero-order valence-corrected chi connectivity index (χ0v) is 19.7. The zero-order chi connectivity index (χ0) is 23.4. The van der Waals surface area contributed by atoms with Crippen molar-refractivity contribution in [2.75, 3.05) is 25.0 Å². The van der Waals surface area contributed by atoms with Gasteiger partial charge in [-0.05, 0) is 86.1 Å². The summed E-state index contributed by atoms with van der Waals surface area (Å²) in [6.45, 7) is 2.94. The van der Waals surface area contributed by atoms with Gasteiger partial charge in [-0.3, -0.25) is 4.79 Å². The van der Waals surface area contributed by atoms with Crippen molar-refractivity contribution in [3.63, 3.8) is 0 Å². The second-order valence-electron chi connectivity index (χ2n) is 8.66. The van der Waals surface area contributed by atoms with Gasteiger partial charge in [0, 0.05) is 24.7 Å². The average molecular weight is 471 g/mol. The van der Waals surface area contributed by atoms with Crippen molar-refractivity contribution in [2.24, 2.45) is 5.92 Å². The number of nitrogens with zero attached hydrogens (tertiary/aromatic N) is 1. The molecule has 0 radical (unpaired) electrons.